The highest BCUT2D eigenvalue weighted by atomic mass is 35.5. The number of fused-ring (bicyclic) bond motifs is 5. The van der Waals surface area contributed by atoms with Crippen molar-refractivity contribution < 1.29 is 68.6 Å². The Morgan fingerprint density at radius 1 is 0.371 bits per heavy atom. The number of nitrogens with zero attached hydrogens (tertiary/aromatic N) is 11. The number of H-pyrrole nitrogens is 1. The Kier molecular flexibility index (Phi) is 29.0. The number of furan rings is 2. The van der Waals surface area contributed by atoms with E-state index in [9.17, 15) is 55.3 Å². The Labute approximate surface area is 839 Å². The fourth-order valence-electron chi connectivity index (χ4n) is 14.9. The maximum absolute atomic E-state index is 12.9. The van der Waals surface area contributed by atoms with Gasteiger partial charge in [-0.1, -0.05) is 184 Å². The fraction of sp³-hybridized carbons (Fsp3) is 0.0500. The molecule has 43 heteroatoms. The zero-order chi connectivity index (χ0) is 101. The maximum atomic E-state index is 12.9. The summed E-state index contributed by atoms with van der Waals surface area (Å²) in [6.45, 7) is 2.06. The number of alkyl halides is 3. The first-order valence-electron chi connectivity index (χ1n) is 42.4. The third-order valence-electron chi connectivity index (χ3n) is 21.5. The number of hydrogen-bond acceptors (Lipinski definition) is 22. The predicted molar refractivity (Wildman–Crippen MR) is 547 cm³/mol. The average molecular weight is 2120 g/mol. The van der Waals surface area contributed by atoms with E-state index in [0.717, 1.165) is 66.3 Å². The lowest BCUT2D eigenvalue weighted by Crippen LogP contribution is -2.18. The highest BCUT2D eigenvalue weighted by Gasteiger charge is 2.31. The monoisotopic (exact) mass is 2110 g/mol. The third kappa shape index (κ3) is 23.1. The zero-order valence-corrected chi connectivity index (χ0v) is 82.2. The van der Waals surface area contributed by atoms with Crippen molar-refractivity contribution >= 4 is 190 Å². The number of benzene rings is 10. The second-order valence-electron chi connectivity index (χ2n) is 31.5. The molecule has 6 N–H and O–H groups in total. The first kappa shape index (κ1) is 99.2. The summed E-state index contributed by atoms with van der Waals surface area (Å²) in [5, 5.41) is 18.8. The molecule has 0 saturated carbocycles. The normalized spacial score (nSPS) is 11.8. The van der Waals surface area contributed by atoms with E-state index in [1.165, 1.54) is 66.0 Å². The smallest absolute Gasteiger partial charge is 0.408 e. The van der Waals surface area contributed by atoms with Gasteiger partial charge in [0.2, 0.25) is 15.9 Å². The standard InChI is InChI=1S/C23H16ClN3O4S.C20H14ClF3N4O2S.C20H15ClN2O3S.C19H15ClN4O2S.C18H13ClN4O2S/c1-14-12-21(31-26-14)20-8-9-22(30-20)32(28,29)27-16-6-7-19(24)18(13-16)23-17-5-3-2-4-15(17)10-11-25-23;21-18-6-5-14(9-17(18)19-16-4-2-1-3-13(16)7-8-25-19)27-31(29,30)15-10-26-28(11-15)12-20(22,23)24;1-13-6-9-19(26-13)27(24,25)23-15-7-8-18(21)17(12-15)20-16-5-3-2-4-14(16)10-11-22-20;1-24-12-21-11-18(24)27(25,26)23-14-6-7-17(20)16(10-14)19-15-5-3-2-4-13(15)8-9-22-19;19-16-6-5-13(23-26(24,25)17-10-20-11-22-17)9-15(16)18-14-4-2-1-3-12(14)7-8-21-18/h2-13,27H,1H3;1-11,27H,12H2;2*2-12,23H,1H3;1-11,23H,(H,20,22). The molecule has 0 radical (unpaired) electrons. The second kappa shape index (κ2) is 41.8. The van der Waals surface area contributed by atoms with Crippen LogP contribution in [0.1, 0.15) is 11.5 Å². The number of halogens is 8. The molecular weight excluding hydrogens is 2040 g/mol. The van der Waals surface area contributed by atoms with E-state index in [-0.39, 0.29) is 31.7 Å². The fourth-order valence-corrected chi connectivity index (χ4v) is 21.1. The third-order valence-corrected chi connectivity index (χ3v) is 29.8. The number of imidazole rings is 2. The van der Waals surface area contributed by atoms with Crippen LogP contribution < -0.4 is 23.6 Å². The minimum atomic E-state index is -4.52. The van der Waals surface area contributed by atoms with Crippen molar-refractivity contribution in [1.29, 1.82) is 0 Å². The molecule has 0 unspecified atom stereocenters. The van der Waals surface area contributed by atoms with Gasteiger partial charge in [0.05, 0.1) is 90.5 Å². The van der Waals surface area contributed by atoms with E-state index in [1.807, 2.05) is 152 Å². The summed E-state index contributed by atoms with van der Waals surface area (Å²) in [6.07, 6.45) is 10.9. The van der Waals surface area contributed by atoms with Crippen LogP contribution >= 0.6 is 58.0 Å². The summed E-state index contributed by atoms with van der Waals surface area (Å²) in [6, 6.07) is 80.0. The van der Waals surface area contributed by atoms with Crippen LogP contribution in [0.3, 0.4) is 0 Å². The molecule has 11 heterocycles. The molecule has 10 aromatic carbocycles. The Bertz CT molecular complexity index is 8990. The molecule has 0 aliphatic carbocycles. The number of aromatic nitrogens is 12. The molecule has 0 bridgehead atoms. The van der Waals surface area contributed by atoms with Crippen LogP contribution in [0, 0.1) is 13.8 Å². The van der Waals surface area contributed by atoms with Crippen molar-refractivity contribution in [1.82, 2.24) is 59.4 Å². The molecule has 0 atom stereocenters. The lowest BCUT2D eigenvalue weighted by atomic mass is 10.0. The number of aryl methyl sites for hydroxylation is 3. The van der Waals surface area contributed by atoms with Crippen LogP contribution in [0.4, 0.5) is 41.6 Å². The van der Waals surface area contributed by atoms with Gasteiger partial charge in [-0.25, -0.2) is 18.4 Å². The van der Waals surface area contributed by atoms with Crippen LogP contribution in [0.15, 0.2) is 380 Å². The van der Waals surface area contributed by atoms with Gasteiger partial charge >= 0.3 is 6.18 Å². The van der Waals surface area contributed by atoms with Crippen LogP contribution in [0.5, 0.6) is 0 Å². The van der Waals surface area contributed by atoms with Crippen molar-refractivity contribution in [3.05, 3.63) is 378 Å². The summed E-state index contributed by atoms with van der Waals surface area (Å²) in [5.41, 5.74) is 8.68. The van der Waals surface area contributed by atoms with Gasteiger partial charge in [-0.2, -0.15) is 51.9 Å². The number of hydrogen-bond donors (Lipinski definition) is 6. The molecule has 0 spiro atoms. The number of aromatic amines is 1. The second-order valence-corrected chi connectivity index (χ2v) is 41.7. The number of sulfonamides is 5. The molecule has 0 saturated heterocycles. The van der Waals surface area contributed by atoms with Crippen molar-refractivity contribution in [3.63, 3.8) is 0 Å². The van der Waals surface area contributed by atoms with Gasteiger partial charge in [0.1, 0.15) is 17.2 Å². The molecule has 722 valence electrons. The molecule has 21 rings (SSSR count). The summed E-state index contributed by atoms with van der Waals surface area (Å²) in [5.74, 6) is 1.13. The summed E-state index contributed by atoms with van der Waals surface area (Å²) in [7, 11) is -17.9. The van der Waals surface area contributed by atoms with Crippen molar-refractivity contribution in [2.24, 2.45) is 7.05 Å². The Morgan fingerprint density at radius 2 is 0.720 bits per heavy atom. The van der Waals surface area contributed by atoms with Gasteiger partial charge < -0.3 is 22.9 Å². The summed E-state index contributed by atoms with van der Waals surface area (Å²) >= 11 is 31.9. The molecule has 21 aromatic rings. The highest BCUT2D eigenvalue weighted by Crippen LogP contribution is 2.42. The quantitative estimate of drug-likeness (QED) is 0.0367. The molecule has 0 fully saturated rings. The molecule has 0 amide bonds. The maximum Gasteiger partial charge on any atom is 0.408 e. The van der Waals surface area contributed by atoms with E-state index in [1.54, 1.807) is 137 Å². The number of anilines is 5. The Morgan fingerprint density at radius 3 is 1.05 bits per heavy atom. The molecule has 0 aliphatic heterocycles. The van der Waals surface area contributed by atoms with E-state index >= 15 is 0 Å². The van der Waals surface area contributed by atoms with Gasteiger partial charge in [0.25, 0.3) is 50.1 Å². The van der Waals surface area contributed by atoms with Crippen molar-refractivity contribution in [2.75, 3.05) is 23.6 Å². The van der Waals surface area contributed by atoms with Crippen LogP contribution in [-0.4, -0.2) is 108 Å². The Balaban J connectivity index is 0.000000123. The van der Waals surface area contributed by atoms with Gasteiger partial charge in [0, 0.05) is 133 Å². The molecule has 11 aromatic heterocycles. The molecule has 0 aliphatic rings. The van der Waals surface area contributed by atoms with Crippen LogP contribution in [0.25, 0.3) is 122 Å². The SMILES string of the molecule is Cc1cc(-c2ccc(S(=O)(=O)Nc3ccc(Cl)c(-c4nccc5ccccc45)c3)o2)on1.Cc1ccc(S(=O)(=O)Nc2ccc(Cl)c(-c3nccc4ccccc34)c2)o1.Cn1cncc1S(=O)(=O)Nc1ccc(Cl)c(-c2nccc3ccccc23)c1.O=S(=O)(Nc1ccc(Cl)c(-c2nccc3ccccc23)c1)c1cnc[nH]1.O=S(=O)(Nc1ccc(Cl)c(-c2nccc3ccccc23)c1)c1cnn(CC(F)(F)F)c1. The number of rotatable bonds is 22. The van der Waals surface area contributed by atoms with Gasteiger partial charge in [-0.05, 0) is 186 Å². The predicted octanol–water partition coefficient (Wildman–Crippen LogP) is 24.5. The minimum Gasteiger partial charge on any atom is -0.448 e. The van der Waals surface area contributed by atoms with Crippen LogP contribution in [0.2, 0.25) is 25.1 Å². The number of pyridine rings is 5. The summed E-state index contributed by atoms with van der Waals surface area (Å²) in [4.78, 5) is 32.0. The van der Waals surface area contributed by atoms with E-state index in [4.69, 9.17) is 71.4 Å². The van der Waals surface area contributed by atoms with Gasteiger partial charge in [-0.3, -0.25) is 53.2 Å². The average Bonchev–Trinajstić information content (AvgIpc) is 1.01. The molecule has 143 heavy (non-hydrogen) atoms. The zero-order valence-electron chi connectivity index (χ0n) is 74.3. The lowest BCUT2D eigenvalue weighted by molar-refractivity contribution is -0.142. The lowest BCUT2D eigenvalue weighted by Gasteiger charge is -2.12. The van der Waals surface area contributed by atoms with E-state index in [0.29, 0.717) is 126 Å². The topological polar surface area (TPSA) is 412 Å². The first-order valence-corrected chi connectivity index (χ1v) is 51.7. The van der Waals surface area contributed by atoms with Crippen molar-refractivity contribution in [3.8, 4) is 67.8 Å². The van der Waals surface area contributed by atoms with Gasteiger partial charge in [0.15, 0.2) is 15.8 Å². The van der Waals surface area contributed by atoms with E-state index < -0.39 is 67.7 Å². The summed E-state index contributed by atoms with van der Waals surface area (Å²) < 4.78 is 194. The number of nitrogens with one attached hydrogen (secondary N) is 6. The van der Waals surface area contributed by atoms with Crippen LogP contribution in [-0.2, 0) is 63.7 Å². The molecule has 30 nitrogen and oxygen atoms in total. The van der Waals surface area contributed by atoms with Crippen molar-refractivity contribution in [2.45, 2.75) is 51.7 Å². The van der Waals surface area contributed by atoms with E-state index in [2.05, 4.69) is 73.7 Å². The Hall–Kier alpha value is -15.4. The van der Waals surface area contributed by atoms with Gasteiger partial charge in [-0.15, -0.1) is 0 Å². The molecular formula is C100H73Cl5F3N17O13S5. The largest absolute Gasteiger partial charge is 0.448 e. The highest BCUT2D eigenvalue weighted by molar-refractivity contribution is 7.93. The first-order chi connectivity index (χ1) is 68.5. The minimum absolute atomic E-state index is 0.0164.